The fraction of sp³-hybridized carbons (Fsp3) is 0.474. The first kappa shape index (κ1) is 16.3. The van der Waals surface area contributed by atoms with Crippen LogP contribution in [0.2, 0.25) is 5.15 Å². The predicted octanol–water partition coefficient (Wildman–Crippen LogP) is 5.79. The third-order valence-electron chi connectivity index (χ3n) is 4.55. The molecule has 4 heteroatoms. The number of anilines is 2. The molecule has 2 aromatic heterocycles. The first-order chi connectivity index (χ1) is 11.2. The molecule has 0 radical (unpaired) electrons. The number of hydrogen-bond acceptors (Lipinski definition) is 3. The van der Waals surface area contributed by atoms with Crippen LogP contribution in [-0.2, 0) is 6.42 Å². The van der Waals surface area contributed by atoms with Gasteiger partial charge in [0.25, 0.3) is 0 Å². The zero-order chi connectivity index (χ0) is 16.2. The molecule has 0 spiro atoms. The zero-order valence-corrected chi connectivity index (χ0v) is 14.7. The van der Waals surface area contributed by atoms with Crippen LogP contribution in [0.25, 0.3) is 0 Å². The van der Waals surface area contributed by atoms with E-state index in [0.29, 0.717) is 11.1 Å². The maximum atomic E-state index is 6.03. The summed E-state index contributed by atoms with van der Waals surface area (Å²) in [5.41, 5.74) is 4.65. The molecule has 0 aromatic carbocycles. The molecule has 0 amide bonds. The standard InChI is InChI=1S/C19H24ClN3/c1-3-6-14-9-17(15-7-4-5-8-15)23-19(10-14)22-16-11-18(20)21-12-13(16)2/h9-12,15H,3-8H2,1-2H3,(H,21,22,23). The summed E-state index contributed by atoms with van der Waals surface area (Å²) in [6.07, 6.45) is 9.21. The Labute approximate surface area is 143 Å². The van der Waals surface area contributed by atoms with Crippen molar-refractivity contribution in [2.75, 3.05) is 5.32 Å². The zero-order valence-electron chi connectivity index (χ0n) is 13.9. The lowest BCUT2D eigenvalue weighted by molar-refractivity contribution is 0.696. The summed E-state index contributed by atoms with van der Waals surface area (Å²) in [4.78, 5) is 9.00. The van der Waals surface area contributed by atoms with Gasteiger partial charge in [-0.25, -0.2) is 9.97 Å². The van der Waals surface area contributed by atoms with E-state index in [1.165, 1.54) is 36.9 Å². The van der Waals surface area contributed by atoms with Crippen molar-refractivity contribution < 1.29 is 0 Å². The van der Waals surface area contributed by atoms with E-state index in [2.05, 4.69) is 29.4 Å². The number of nitrogens with zero attached hydrogens (tertiary/aromatic N) is 2. The lowest BCUT2D eigenvalue weighted by Crippen LogP contribution is -2.04. The monoisotopic (exact) mass is 329 g/mol. The van der Waals surface area contributed by atoms with E-state index in [-0.39, 0.29) is 0 Å². The molecule has 0 atom stereocenters. The van der Waals surface area contributed by atoms with Gasteiger partial charge in [0.05, 0.1) is 0 Å². The molecule has 23 heavy (non-hydrogen) atoms. The van der Waals surface area contributed by atoms with E-state index < -0.39 is 0 Å². The van der Waals surface area contributed by atoms with E-state index in [1.54, 1.807) is 6.20 Å². The van der Waals surface area contributed by atoms with Gasteiger partial charge >= 0.3 is 0 Å². The minimum absolute atomic E-state index is 0.499. The molecule has 0 bridgehead atoms. The lowest BCUT2D eigenvalue weighted by atomic mass is 10.00. The number of pyridine rings is 2. The SMILES string of the molecule is CCCc1cc(Nc2cc(Cl)ncc2C)nc(C2CCCC2)c1. The number of rotatable bonds is 5. The summed E-state index contributed by atoms with van der Waals surface area (Å²) in [7, 11) is 0. The van der Waals surface area contributed by atoms with Gasteiger partial charge in [-0.15, -0.1) is 0 Å². The minimum atomic E-state index is 0.499. The third kappa shape index (κ3) is 4.03. The van der Waals surface area contributed by atoms with Crippen molar-refractivity contribution >= 4 is 23.1 Å². The Morgan fingerprint density at radius 2 is 2.00 bits per heavy atom. The molecule has 1 aliphatic rings. The van der Waals surface area contributed by atoms with Gasteiger partial charge in [-0.1, -0.05) is 37.8 Å². The van der Waals surface area contributed by atoms with Crippen LogP contribution in [0.3, 0.4) is 0 Å². The number of aryl methyl sites for hydroxylation is 2. The fourth-order valence-electron chi connectivity index (χ4n) is 3.31. The molecule has 2 aromatic rings. The molecule has 1 fully saturated rings. The maximum Gasteiger partial charge on any atom is 0.131 e. The van der Waals surface area contributed by atoms with Crippen LogP contribution in [0.4, 0.5) is 11.5 Å². The summed E-state index contributed by atoms with van der Waals surface area (Å²) >= 11 is 6.03. The normalized spacial score (nSPS) is 15.1. The predicted molar refractivity (Wildman–Crippen MR) is 96.7 cm³/mol. The number of aromatic nitrogens is 2. The highest BCUT2D eigenvalue weighted by molar-refractivity contribution is 6.29. The molecule has 1 aliphatic carbocycles. The third-order valence-corrected chi connectivity index (χ3v) is 4.76. The fourth-order valence-corrected chi connectivity index (χ4v) is 3.47. The Morgan fingerprint density at radius 1 is 1.22 bits per heavy atom. The average Bonchev–Trinajstić information content (AvgIpc) is 3.05. The van der Waals surface area contributed by atoms with Crippen molar-refractivity contribution in [3.63, 3.8) is 0 Å². The van der Waals surface area contributed by atoms with E-state index in [9.17, 15) is 0 Å². The molecule has 2 heterocycles. The van der Waals surface area contributed by atoms with E-state index in [4.69, 9.17) is 16.6 Å². The minimum Gasteiger partial charge on any atom is -0.340 e. The topological polar surface area (TPSA) is 37.8 Å². The van der Waals surface area contributed by atoms with Crippen LogP contribution in [0.15, 0.2) is 24.4 Å². The Balaban J connectivity index is 1.92. The summed E-state index contributed by atoms with van der Waals surface area (Å²) in [5.74, 6) is 1.54. The van der Waals surface area contributed by atoms with E-state index in [1.807, 2.05) is 13.0 Å². The highest BCUT2D eigenvalue weighted by Gasteiger charge is 2.19. The molecule has 0 unspecified atom stereocenters. The van der Waals surface area contributed by atoms with Gasteiger partial charge in [0.15, 0.2) is 0 Å². The van der Waals surface area contributed by atoms with Crippen LogP contribution in [0.5, 0.6) is 0 Å². The summed E-state index contributed by atoms with van der Waals surface area (Å²) < 4.78 is 0. The Kier molecular flexibility index (Phi) is 5.16. The second-order valence-electron chi connectivity index (χ2n) is 6.46. The van der Waals surface area contributed by atoms with Gasteiger partial charge in [0.1, 0.15) is 11.0 Å². The van der Waals surface area contributed by atoms with Gasteiger partial charge in [-0.05, 0) is 55.5 Å². The Bertz CT molecular complexity index is 678. The molecular weight excluding hydrogens is 306 g/mol. The van der Waals surface area contributed by atoms with Crippen LogP contribution in [0.1, 0.15) is 61.8 Å². The summed E-state index contributed by atoms with van der Waals surface area (Å²) in [5, 5.41) is 3.94. The van der Waals surface area contributed by atoms with Gasteiger partial charge in [0, 0.05) is 23.5 Å². The smallest absolute Gasteiger partial charge is 0.131 e. The molecule has 122 valence electrons. The summed E-state index contributed by atoms with van der Waals surface area (Å²) in [6.45, 7) is 4.25. The molecular formula is C19H24ClN3. The molecule has 1 N–H and O–H groups in total. The second kappa shape index (κ2) is 7.31. The quantitative estimate of drug-likeness (QED) is 0.705. The molecule has 1 saturated carbocycles. The van der Waals surface area contributed by atoms with Gasteiger partial charge in [-0.2, -0.15) is 0 Å². The number of nitrogens with one attached hydrogen (secondary N) is 1. The van der Waals surface area contributed by atoms with Crippen LogP contribution in [-0.4, -0.2) is 9.97 Å². The molecule has 3 rings (SSSR count). The highest BCUT2D eigenvalue weighted by atomic mass is 35.5. The van der Waals surface area contributed by atoms with Crippen molar-refractivity contribution in [2.45, 2.75) is 58.3 Å². The molecule has 0 aliphatic heterocycles. The molecule has 3 nitrogen and oxygen atoms in total. The van der Waals surface area contributed by atoms with E-state index in [0.717, 1.165) is 29.9 Å². The second-order valence-corrected chi connectivity index (χ2v) is 6.85. The number of halogens is 1. The largest absolute Gasteiger partial charge is 0.340 e. The van der Waals surface area contributed by atoms with Gasteiger partial charge in [-0.3, -0.25) is 0 Å². The maximum absolute atomic E-state index is 6.03. The average molecular weight is 330 g/mol. The van der Waals surface area contributed by atoms with Crippen LogP contribution >= 0.6 is 11.6 Å². The first-order valence-corrected chi connectivity index (χ1v) is 8.93. The number of hydrogen-bond donors (Lipinski definition) is 1. The van der Waals surface area contributed by atoms with Crippen LogP contribution in [0, 0.1) is 6.92 Å². The summed E-state index contributed by atoms with van der Waals surface area (Å²) in [6, 6.07) is 6.33. The van der Waals surface area contributed by atoms with Crippen molar-refractivity contribution in [3.05, 3.63) is 46.4 Å². The van der Waals surface area contributed by atoms with Crippen molar-refractivity contribution in [3.8, 4) is 0 Å². The van der Waals surface area contributed by atoms with Crippen molar-refractivity contribution in [1.29, 1.82) is 0 Å². The first-order valence-electron chi connectivity index (χ1n) is 8.55. The van der Waals surface area contributed by atoms with Crippen molar-refractivity contribution in [2.24, 2.45) is 0 Å². The van der Waals surface area contributed by atoms with Gasteiger partial charge < -0.3 is 5.32 Å². The van der Waals surface area contributed by atoms with E-state index >= 15 is 0 Å². The van der Waals surface area contributed by atoms with Crippen LogP contribution < -0.4 is 5.32 Å². The van der Waals surface area contributed by atoms with Crippen molar-refractivity contribution in [1.82, 2.24) is 9.97 Å². The lowest BCUT2D eigenvalue weighted by Gasteiger charge is -2.15. The highest BCUT2D eigenvalue weighted by Crippen LogP contribution is 2.34. The Hall–Kier alpha value is -1.61. The molecule has 0 saturated heterocycles. The Morgan fingerprint density at radius 3 is 2.74 bits per heavy atom. The van der Waals surface area contributed by atoms with Gasteiger partial charge in [0.2, 0.25) is 0 Å².